The molecule has 1 saturated heterocycles. The van der Waals surface area contributed by atoms with E-state index in [1.165, 1.54) is 4.68 Å². The summed E-state index contributed by atoms with van der Waals surface area (Å²) in [5.41, 5.74) is -0.708. The summed E-state index contributed by atoms with van der Waals surface area (Å²) in [5, 5.41) is 6.88. The fourth-order valence-corrected chi connectivity index (χ4v) is 2.16. The normalized spacial score (nSPS) is 22.3. The molecule has 0 aromatic carbocycles. The smallest absolute Gasteiger partial charge is 0.381 e. The molecule has 2 unspecified atom stereocenters. The molecular formula is C11H16F3N3O. The Morgan fingerprint density at radius 3 is 2.89 bits per heavy atom. The standard InChI is InChI=1S/C11H16F3N3O/c1-15-10(8-2-3-18-7-8)6-17-5-9(4-16-17)11(12,13)14/h4-5,8,10,15H,2-3,6-7H2,1H3. The highest BCUT2D eigenvalue weighted by molar-refractivity contribution is 5.08. The van der Waals surface area contributed by atoms with Crippen molar-refractivity contribution < 1.29 is 17.9 Å². The number of alkyl halides is 3. The Hall–Kier alpha value is -1.08. The third kappa shape index (κ3) is 3.02. The van der Waals surface area contributed by atoms with Gasteiger partial charge in [-0.3, -0.25) is 4.68 Å². The SMILES string of the molecule is CNC(Cn1cc(C(F)(F)F)cn1)C1CCOC1. The lowest BCUT2D eigenvalue weighted by molar-refractivity contribution is -0.137. The van der Waals surface area contributed by atoms with Gasteiger partial charge < -0.3 is 10.1 Å². The Balaban J connectivity index is 2.01. The molecule has 1 N–H and O–H groups in total. The van der Waals surface area contributed by atoms with Gasteiger partial charge in [-0.1, -0.05) is 0 Å². The molecule has 0 radical (unpaired) electrons. The van der Waals surface area contributed by atoms with Crippen LogP contribution in [0.25, 0.3) is 0 Å². The minimum Gasteiger partial charge on any atom is -0.381 e. The lowest BCUT2D eigenvalue weighted by atomic mass is 9.99. The topological polar surface area (TPSA) is 39.1 Å². The third-order valence-corrected chi connectivity index (χ3v) is 3.25. The minimum atomic E-state index is -4.33. The molecule has 1 fully saturated rings. The molecule has 1 aliphatic rings. The number of likely N-dealkylation sites (N-methyl/N-ethyl adjacent to an activating group) is 1. The maximum Gasteiger partial charge on any atom is 0.419 e. The van der Waals surface area contributed by atoms with E-state index in [2.05, 4.69) is 10.4 Å². The van der Waals surface area contributed by atoms with Gasteiger partial charge in [-0.2, -0.15) is 18.3 Å². The second-order valence-electron chi connectivity index (χ2n) is 4.47. The zero-order valence-corrected chi connectivity index (χ0v) is 10.1. The molecule has 102 valence electrons. The zero-order valence-electron chi connectivity index (χ0n) is 10.1. The van der Waals surface area contributed by atoms with E-state index >= 15 is 0 Å². The first-order valence-corrected chi connectivity index (χ1v) is 5.85. The minimum absolute atomic E-state index is 0.0773. The van der Waals surface area contributed by atoms with Crippen LogP contribution < -0.4 is 5.32 Å². The largest absolute Gasteiger partial charge is 0.419 e. The van der Waals surface area contributed by atoms with Crippen molar-refractivity contribution in [2.24, 2.45) is 5.92 Å². The molecule has 0 bridgehead atoms. The molecule has 1 aliphatic heterocycles. The van der Waals surface area contributed by atoms with E-state index in [9.17, 15) is 13.2 Å². The van der Waals surface area contributed by atoms with Crippen LogP contribution in [0.15, 0.2) is 12.4 Å². The van der Waals surface area contributed by atoms with Gasteiger partial charge in [-0.25, -0.2) is 0 Å². The van der Waals surface area contributed by atoms with E-state index in [0.717, 1.165) is 25.4 Å². The van der Waals surface area contributed by atoms with Crippen molar-refractivity contribution in [3.05, 3.63) is 18.0 Å². The van der Waals surface area contributed by atoms with Crippen molar-refractivity contribution in [3.63, 3.8) is 0 Å². The first-order valence-electron chi connectivity index (χ1n) is 5.85. The van der Waals surface area contributed by atoms with Gasteiger partial charge in [-0.15, -0.1) is 0 Å². The molecule has 2 rings (SSSR count). The maximum absolute atomic E-state index is 12.4. The summed E-state index contributed by atoms with van der Waals surface area (Å²) < 4.78 is 43.9. The van der Waals surface area contributed by atoms with Gasteiger partial charge in [0.1, 0.15) is 0 Å². The predicted octanol–water partition coefficient (Wildman–Crippen LogP) is 1.53. The second kappa shape index (κ2) is 5.27. The average molecular weight is 263 g/mol. The first-order chi connectivity index (χ1) is 8.50. The highest BCUT2D eigenvalue weighted by atomic mass is 19.4. The Morgan fingerprint density at radius 2 is 2.39 bits per heavy atom. The number of aromatic nitrogens is 2. The van der Waals surface area contributed by atoms with Gasteiger partial charge in [0.15, 0.2) is 0 Å². The lowest BCUT2D eigenvalue weighted by Gasteiger charge is -2.21. The third-order valence-electron chi connectivity index (χ3n) is 3.25. The average Bonchev–Trinajstić information content (AvgIpc) is 2.95. The number of nitrogens with zero attached hydrogens (tertiary/aromatic N) is 2. The van der Waals surface area contributed by atoms with Crippen molar-refractivity contribution >= 4 is 0 Å². The van der Waals surface area contributed by atoms with Gasteiger partial charge in [0, 0.05) is 24.8 Å². The summed E-state index contributed by atoms with van der Waals surface area (Å²) >= 11 is 0. The predicted molar refractivity (Wildman–Crippen MR) is 59.0 cm³/mol. The molecular weight excluding hydrogens is 247 g/mol. The first kappa shape index (κ1) is 13.4. The number of halogens is 3. The molecule has 0 aliphatic carbocycles. The van der Waals surface area contributed by atoms with E-state index < -0.39 is 11.7 Å². The second-order valence-corrected chi connectivity index (χ2v) is 4.47. The van der Waals surface area contributed by atoms with Crippen LogP contribution in [0.3, 0.4) is 0 Å². The Labute approximate surface area is 103 Å². The summed E-state index contributed by atoms with van der Waals surface area (Å²) in [5.74, 6) is 0.327. The van der Waals surface area contributed by atoms with Crippen molar-refractivity contribution in [1.82, 2.24) is 15.1 Å². The van der Waals surface area contributed by atoms with Crippen LogP contribution in [0, 0.1) is 5.92 Å². The highest BCUT2D eigenvalue weighted by Gasteiger charge is 2.32. The van der Waals surface area contributed by atoms with Crippen LogP contribution in [0.1, 0.15) is 12.0 Å². The van der Waals surface area contributed by atoms with Crippen LogP contribution in [-0.4, -0.2) is 36.1 Å². The van der Waals surface area contributed by atoms with Crippen LogP contribution in [-0.2, 0) is 17.5 Å². The Kier molecular flexibility index (Phi) is 3.91. The summed E-state index contributed by atoms with van der Waals surface area (Å²) in [7, 11) is 1.80. The van der Waals surface area contributed by atoms with Gasteiger partial charge in [0.05, 0.1) is 24.9 Å². The quantitative estimate of drug-likeness (QED) is 0.895. The van der Waals surface area contributed by atoms with Gasteiger partial charge in [-0.05, 0) is 13.5 Å². The zero-order chi connectivity index (χ0) is 13.2. The van der Waals surface area contributed by atoms with E-state index in [1.807, 2.05) is 0 Å². The number of ether oxygens (including phenoxy) is 1. The molecule has 1 aromatic heterocycles. The van der Waals surface area contributed by atoms with Crippen LogP contribution in [0.4, 0.5) is 13.2 Å². The molecule has 2 atom stereocenters. The monoisotopic (exact) mass is 263 g/mol. The fourth-order valence-electron chi connectivity index (χ4n) is 2.16. The maximum atomic E-state index is 12.4. The van der Waals surface area contributed by atoms with E-state index in [0.29, 0.717) is 19.1 Å². The molecule has 2 heterocycles. The molecule has 7 heteroatoms. The molecule has 4 nitrogen and oxygen atoms in total. The summed E-state index contributed by atoms with van der Waals surface area (Å²) in [6, 6.07) is 0.0773. The lowest BCUT2D eigenvalue weighted by Crippen LogP contribution is -2.38. The number of hydrogen-bond acceptors (Lipinski definition) is 3. The number of nitrogens with one attached hydrogen (secondary N) is 1. The Bertz CT molecular complexity index is 385. The number of rotatable bonds is 4. The van der Waals surface area contributed by atoms with Gasteiger partial charge >= 0.3 is 6.18 Å². The van der Waals surface area contributed by atoms with Crippen LogP contribution >= 0.6 is 0 Å². The molecule has 0 amide bonds. The Morgan fingerprint density at radius 1 is 1.61 bits per heavy atom. The van der Waals surface area contributed by atoms with Crippen LogP contribution in [0.2, 0.25) is 0 Å². The molecule has 1 aromatic rings. The van der Waals surface area contributed by atoms with Gasteiger partial charge in [0.25, 0.3) is 0 Å². The van der Waals surface area contributed by atoms with E-state index in [-0.39, 0.29) is 6.04 Å². The van der Waals surface area contributed by atoms with Crippen molar-refractivity contribution in [2.45, 2.75) is 25.2 Å². The van der Waals surface area contributed by atoms with E-state index in [1.54, 1.807) is 7.05 Å². The molecule has 0 spiro atoms. The fraction of sp³-hybridized carbons (Fsp3) is 0.727. The van der Waals surface area contributed by atoms with Gasteiger partial charge in [0.2, 0.25) is 0 Å². The summed E-state index contributed by atoms with van der Waals surface area (Å²) in [4.78, 5) is 0. The van der Waals surface area contributed by atoms with Crippen molar-refractivity contribution in [2.75, 3.05) is 20.3 Å². The van der Waals surface area contributed by atoms with Crippen LogP contribution in [0.5, 0.6) is 0 Å². The summed E-state index contributed by atoms with van der Waals surface area (Å²) in [6.45, 7) is 1.79. The van der Waals surface area contributed by atoms with Crippen molar-refractivity contribution in [3.8, 4) is 0 Å². The van der Waals surface area contributed by atoms with E-state index in [4.69, 9.17) is 4.74 Å². The number of hydrogen-bond donors (Lipinski definition) is 1. The molecule has 0 saturated carbocycles. The van der Waals surface area contributed by atoms with Crippen molar-refractivity contribution in [1.29, 1.82) is 0 Å². The summed E-state index contributed by atoms with van der Waals surface area (Å²) in [6.07, 6.45) is -1.50. The highest BCUT2D eigenvalue weighted by Crippen LogP contribution is 2.28. The molecule has 18 heavy (non-hydrogen) atoms.